The number of nitrogens with zero attached hydrogens (tertiary/aromatic N) is 5. The van der Waals surface area contributed by atoms with Crippen molar-refractivity contribution in [3.8, 4) is 0 Å². The number of nitrogens with one attached hydrogen (secondary N) is 2. The van der Waals surface area contributed by atoms with Crippen molar-refractivity contribution in [2.75, 3.05) is 42.1 Å². The Morgan fingerprint density at radius 1 is 1.18 bits per heavy atom. The molecule has 0 bridgehead atoms. The molecule has 11 heteroatoms. The first-order valence-corrected chi connectivity index (χ1v) is 15.9. The van der Waals surface area contributed by atoms with Gasteiger partial charge in [-0.05, 0) is 69.2 Å². The molecule has 2 aromatic heterocycles. The molecule has 2 N–H and O–H groups in total. The third-order valence-electron chi connectivity index (χ3n) is 8.41. The number of rotatable bonds is 6. The molecule has 3 saturated heterocycles. The predicted molar refractivity (Wildman–Crippen MR) is 152 cm³/mol. The van der Waals surface area contributed by atoms with Gasteiger partial charge in [0.2, 0.25) is 10.0 Å². The van der Waals surface area contributed by atoms with Crippen LogP contribution in [-0.4, -0.2) is 72.3 Å². The molecular formula is C28H37N7O3S. The highest BCUT2D eigenvalue weighted by Crippen LogP contribution is 2.35. The molecule has 0 radical (unpaired) electrons. The number of hydrogen-bond acceptors (Lipinski definition) is 7. The average Bonchev–Trinajstić information content (AvgIpc) is 3.62. The standard InChI is InChI=1S/C28H37N7O3S/c1-4-19-8-9-22(32-39(3,37)38)21(13-19)28(36)34-12-6-5-7-25(34)23-14-26-30-27(18(2)15-35(26)31-23)33-16-20-10-11-29-24(20)17-33/h8-9,13-15,20,24-25,29,32H,4-7,10-12,16-17H2,1-3H3. The molecule has 3 aliphatic heterocycles. The number of aryl methyl sites for hydroxylation is 2. The number of piperidine rings is 1. The molecule has 6 rings (SSSR count). The molecule has 39 heavy (non-hydrogen) atoms. The maximum Gasteiger partial charge on any atom is 0.256 e. The second-order valence-electron chi connectivity index (χ2n) is 11.3. The summed E-state index contributed by atoms with van der Waals surface area (Å²) in [6, 6.07) is 7.69. The zero-order valence-electron chi connectivity index (χ0n) is 22.9. The van der Waals surface area contributed by atoms with E-state index in [0.717, 1.165) is 79.9 Å². The fraction of sp³-hybridized carbons (Fsp3) is 0.536. The molecule has 1 aromatic carbocycles. The lowest BCUT2D eigenvalue weighted by molar-refractivity contribution is 0.0606. The third-order valence-corrected chi connectivity index (χ3v) is 9.00. The Bertz CT molecular complexity index is 1510. The first kappa shape index (κ1) is 26.1. The van der Waals surface area contributed by atoms with E-state index in [1.54, 1.807) is 6.07 Å². The summed E-state index contributed by atoms with van der Waals surface area (Å²) in [5, 5.41) is 8.49. The minimum Gasteiger partial charge on any atom is -0.354 e. The van der Waals surface area contributed by atoms with E-state index in [4.69, 9.17) is 10.1 Å². The lowest BCUT2D eigenvalue weighted by Crippen LogP contribution is -2.39. The van der Waals surface area contributed by atoms with Crippen molar-refractivity contribution in [3.05, 3.63) is 52.8 Å². The van der Waals surface area contributed by atoms with Gasteiger partial charge in [0.1, 0.15) is 5.82 Å². The van der Waals surface area contributed by atoms with Crippen LogP contribution in [0.15, 0.2) is 30.5 Å². The van der Waals surface area contributed by atoms with E-state index in [-0.39, 0.29) is 11.9 Å². The van der Waals surface area contributed by atoms with Crippen molar-refractivity contribution < 1.29 is 13.2 Å². The summed E-state index contributed by atoms with van der Waals surface area (Å²) in [5.74, 6) is 1.51. The van der Waals surface area contributed by atoms with Gasteiger partial charge in [0.25, 0.3) is 5.91 Å². The van der Waals surface area contributed by atoms with E-state index in [1.165, 1.54) is 6.42 Å². The number of likely N-dealkylation sites (tertiary alicyclic amines) is 1. The summed E-state index contributed by atoms with van der Waals surface area (Å²) < 4.78 is 28.4. The van der Waals surface area contributed by atoms with Crippen LogP contribution in [0.5, 0.6) is 0 Å². The number of sulfonamides is 1. The molecule has 1 amide bonds. The molecule has 0 saturated carbocycles. The molecule has 5 heterocycles. The summed E-state index contributed by atoms with van der Waals surface area (Å²) in [6.45, 7) is 7.79. The Balaban J connectivity index is 1.32. The maximum atomic E-state index is 14.0. The van der Waals surface area contributed by atoms with Gasteiger partial charge < -0.3 is 15.1 Å². The highest BCUT2D eigenvalue weighted by atomic mass is 32.2. The Kier molecular flexibility index (Phi) is 6.74. The van der Waals surface area contributed by atoms with Crippen LogP contribution in [0.25, 0.3) is 5.65 Å². The van der Waals surface area contributed by atoms with Crippen LogP contribution in [0.4, 0.5) is 11.5 Å². The smallest absolute Gasteiger partial charge is 0.256 e. The number of amides is 1. The number of carbonyl (C=O) groups is 1. The molecule has 3 unspecified atom stereocenters. The number of carbonyl (C=O) groups excluding carboxylic acids is 1. The highest BCUT2D eigenvalue weighted by molar-refractivity contribution is 7.92. The summed E-state index contributed by atoms with van der Waals surface area (Å²) in [6.07, 6.45) is 7.79. The number of fused-ring (bicyclic) bond motifs is 2. The Hall–Kier alpha value is -3.18. The normalized spacial score (nSPS) is 23.4. The molecule has 3 aliphatic rings. The van der Waals surface area contributed by atoms with Crippen molar-refractivity contribution in [3.63, 3.8) is 0 Å². The lowest BCUT2D eigenvalue weighted by Gasteiger charge is -2.35. The van der Waals surface area contributed by atoms with Crippen molar-refractivity contribution in [1.29, 1.82) is 0 Å². The largest absolute Gasteiger partial charge is 0.354 e. The zero-order valence-corrected chi connectivity index (χ0v) is 23.7. The highest BCUT2D eigenvalue weighted by Gasteiger charge is 2.37. The summed E-state index contributed by atoms with van der Waals surface area (Å²) in [7, 11) is -3.54. The molecule has 3 atom stereocenters. The van der Waals surface area contributed by atoms with E-state index in [2.05, 4.69) is 21.9 Å². The van der Waals surface area contributed by atoms with Crippen LogP contribution in [0.3, 0.4) is 0 Å². The summed E-state index contributed by atoms with van der Waals surface area (Å²) in [5.41, 5.74) is 4.34. The lowest BCUT2D eigenvalue weighted by atomic mass is 9.97. The zero-order chi connectivity index (χ0) is 27.3. The number of anilines is 2. The quantitative estimate of drug-likeness (QED) is 0.484. The first-order chi connectivity index (χ1) is 18.7. The number of benzene rings is 1. The molecule has 10 nitrogen and oxygen atoms in total. The van der Waals surface area contributed by atoms with Crippen LogP contribution >= 0.6 is 0 Å². The van der Waals surface area contributed by atoms with Gasteiger partial charge in [-0.3, -0.25) is 9.52 Å². The third kappa shape index (κ3) is 5.09. The van der Waals surface area contributed by atoms with Gasteiger partial charge in [0, 0.05) is 43.5 Å². The van der Waals surface area contributed by atoms with Crippen molar-refractivity contribution >= 4 is 33.1 Å². The van der Waals surface area contributed by atoms with Crippen LogP contribution in [0.1, 0.15) is 65.8 Å². The minimum absolute atomic E-state index is 0.181. The topological polar surface area (TPSA) is 112 Å². The van der Waals surface area contributed by atoms with Gasteiger partial charge >= 0.3 is 0 Å². The van der Waals surface area contributed by atoms with E-state index < -0.39 is 10.0 Å². The molecule has 3 aromatic rings. The Labute approximate surface area is 229 Å². The minimum atomic E-state index is -3.54. The molecule has 0 spiro atoms. The SMILES string of the molecule is CCc1ccc(NS(C)(=O)=O)c(C(=O)N2CCCCC2c2cc3nc(N4CC5CCNC5C4)c(C)cn3n2)c1. The number of aromatic nitrogens is 3. The van der Waals surface area contributed by atoms with E-state index in [0.29, 0.717) is 29.8 Å². The van der Waals surface area contributed by atoms with Gasteiger partial charge in [-0.15, -0.1) is 0 Å². The van der Waals surface area contributed by atoms with Crippen LogP contribution in [0, 0.1) is 12.8 Å². The molecule has 208 valence electrons. The summed E-state index contributed by atoms with van der Waals surface area (Å²) in [4.78, 5) is 23.2. The Morgan fingerprint density at radius 2 is 2.03 bits per heavy atom. The molecular weight excluding hydrogens is 514 g/mol. The van der Waals surface area contributed by atoms with Crippen molar-refractivity contribution in [2.24, 2.45) is 5.92 Å². The van der Waals surface area contributed by atoms with Crippen LogP contribution in [0.2, 0.25) is 0 Å². The molecule has 3 fully saturated rings. The second kappa shape index (κ2) is 10.1. The van der Waals surface area contributed by atoms with Crippen LogP contribution in [-0.2, 0) is 16.4 Å². The fourth-order valence-electron chi connectivity index (χ4n) is 6.44. The fourth-order valence-corrected chi connectivity index (χ4v) is 7.02. The second-order valence-corrected chi connectivity index (χ2v) is 13.0. The van der Waals surface area contributed by atoms with Crippen LogP contribution < -0.4 is 14.9 Å². The van der Waals surface area contributed by atoms with Gasteiger partial charge in [0.05, 0.1) is 29.2 Å². The van der Waals surface area contributed by atoms with Crippen molar-refractivity contribution in [1.82, 2.24) is 24.8 Å². The van der Waals surface area contributed by atoms with E-state index in [9.17, 15) is 13.2 Å². The predicted octanol–water partition coefficient (Wildman–Crippen LogP) is 3.14. The van der Waals surface area contributed by atoms with Crippen molar-refractivity contribution in [2.45, 2.75) is 58.0 Å². The van der Waals surface area contributed by atoms with Gasteiger partial charge in [-0.1, -0.05) is 13.0 Å². The first-order valence-electron chi connectivity index (χ1n) is 14.0. The van der Waals surface area contributed by atoms with Gasteiger partial charge in [0.15, 0.2) is 5.65 Å². The summed E-state index contributed by atoms with van der Waals surface area (Å²) >= 11 is 0. The average molecular weight is 552 g/mol. The van der Waals surface area contributed by atoms with Gasteiger partial charge in [-0.2, -0.15) is 5.10 Å². The number of hydrogen-bond donors (Lipinski definition) is 2. The van der Waals surface area contributed by atoms with Gasteiger partial charge in [-0.25, -0.2) is 17.9 Å². The molecule has 0 aliphatic carbocycles. The van der Waals surface area contributed by atoms with E-state index >= 15 is 0 Å². The maximum absolute atomic E-state index is 14.0. The monoisotopic (exact) mass is 551 g/mol. The Morgan fingerprint density at radius 3 is 2.79 bits per heavy atom. The van der Waals surface area contributed by atoms with E-state index in [1.807, 2.05) is 40.7 Å².